The standard InChI is InChI=1S/C21H30N6O2/c1-15-11-24-18(12-23-15)13-25-19-22-8-7-17(26-19)10-16-6-5-9-27(14-16)20(28)29-21(2,3)4/h7-8,11-12,16H,5-6,9-10,13-14H2,1-4H3,(H,22,25,26)/t16-/m1/s1. The van der Waals surface area contributed by atoms with E-state index in [1.54, 1.807) is 18.6 Å². The molecular weight excluding hydrogens is 368 g/mol. The molecule has 2 aromatic heterocycles. The summed E-state index contributed by atoms with van der Waals surface area (Å²) in [6, 6.07) is 1.93. The first-order valence-electron chi connectivity index (χ1n) is 10.1. The minimum atomic E-state index is -0.473. The van der Waals surface area contributed by atoms with E-state index in [1.165, 1.54) is 0 Å². The second-order valence-corrected chi connectivity index (χ2v) is 8.51. The molecule has 0 radical (unpaired) electrons. The highest BCUT2D eigenvalue weighted by atomic mass is 16.6. The van der Waals surface area contributed by atoms with Crippen molar-refractivity contribution in [2.24, 2.45) is 5.92 Å². The lowest BCUT2D eigenvalue weighted by molar-refractivity contribution is 0.0165. The molecule has 0 saturated carbocycles. The maximum atomic E-state index is 12.4. The Morgan fingerprint density at radius 1 is 1.24 bits per heavy atom. The summed E-state index contributed by atoms with van der Waals surface area (Å²) in [7, 11) is 0. The Hall–Kier alpha value is -2.77. The van der Waals surface area contributed by atoms with Gasteiger partial charge in [0.05, 0.1) is 24.1 Å². The molecule has 1 aliphatic rings. The molecule has 29 heavy (non-hydrogen) atoms. The fourth-order valence-electron chi connectivity index (χ4n) is 3.29. The van der Waals surface area contributed by atoms with Gasteiger partial charge in [0.2, 0.25) is 5.95 Å². The van der Waals surface area contributed by atoms with Gasteiger partial charge in [-0.15, -0.1) is 0 Å². The Bertz CT molecular complexity index is 819. The van der Waals surface area contributed by atoms with Crippen LogP contribution in [0.25, 0.3) is 0 Å². The Balaban J connectivity index is 1.55. The summed E-state index contributed by atoms with van der Waals surface area (Å²) in [6.07, 6.45) is 7.89. The molecule has 1 atom stereocenters. The molecule has 8 nitrogen and oxygen atoms in total. The maximum absolute atomic E-state index is 12.4. The summed E-state index contributed by atoms with van der Waals surface area (Å²) in [5.41, 5.74) is 2.22. The Labute approximate surface area is 172 Å². The summed E-state index contributed by atoms with van der Waals surface area (Å²) < 4.78 is 5.52. The highest BCUT2D eigenvalue weighted by Gasteiger charge is 2.27. The zero-order chi connectivity index (χ0) is 20.9. The van der Waals surface area contributed by atoms with E-state index in [0.29, 0.717) is 25.0 Å². The molecule has 0 spiro atoms. The lowest BCUT2D eigenvalue weighted by Crippen LogP contribution is -2.43. The van der Waals surface area contributed by atoms with E-state index in [1.807, 2.05) is 38.7 Å². The third-order valence-corrected chi connectivity index (χ3v) is 4.64. The number of nitrogens with one attached hydrogen (secondary N) is 1. The van der Waals surface area contributed by atoms with Crippen molar-refractivity contribution in [3.05, 3.63) is 41.7 Å². The molecule has 0 aliphatic carbocycles. The van der Waals surface area contributed by atoms with Gasteiger partial charge in [-0.2, -0.15) is 0 Å². The molecule has 8 heteroatoms. The Morgan fingerprint density at radius 2 is 2.07 bits per heavy atom. The number of rotatable bonds is 5. The van der Waals surface area contributed by atoms with Crippen LogP contribution in [0.15, 0.2) is 24.7 Å². The van der Waals surface area contributed by atoms with Crippen molar-refractivity contribution in [1.82, 2.24) is 24.8 Å². The van der Waals surface area contributed by atoms with Crippen LogP contribution in [0.3, 0.4) is 0 Å². The molecule has 3 rings (SSSR count). The van der Waals surface area contributed by atoms with E-state index in [0.717, 1.165) is 42.9 Å². The quantitative estimate of drug-likeness (QED) is 0.825. The molecule has 3 heterocycles. The fraction of sp³-hybridized carbons (Fsp3) is 0.571. The van der Waals surface area contributed by atoms with Gasteiger partial charge in [0.25, 0.3) is 0 Å². The number of nitrogens with zero attached hydrogens (tertiary/aromatic N) is 5. The SMILES string of the molecule is Cc1cnc(CNc2nccc(C[C@H]3CCCN(C(=O)OC(C)(C)C)C3)n2)cn1. The van der Waals surface area contributed by atoms with Crippen molar-refractivity contribution in [2.75, 3.05) is 18.4 Å². The predicted molar refractivity (Wildman–Crippen MR) is 110 cm³/mol. The van der Waals surface area contributed by atoms with Crippen molar-refractivity contribution in [3.8, 4) is 0 Å². The zero-order valence-corrected chi connectivity index (χ0v) is 17.7. The zero-order valence-electron chi connectivity index (χ0n) is 17.7. The highest BCUT2D eigenvalue weighted by molar-refractivity contribution is 5.68. The van der Waals surface area contributed by atoms with E-state index < -0.39 is 5.60 Å². The van der Waals surface area contributed by atoms with Crippen molar-refractivity contribution in [3.63, 3.8) is 0 Å². The number of aryl methyl sites for hydroxylation is 1. The molecule has 1 amide bonds. The third-order valence-electron chi connectivity index (χ3n) is 4.64. The highest BCUT2D eigenvalue weighted by Crippen LogP contribution is 2.22. The van der Waals surface area contributed by atoms with Gasteiger partial charge in [0, 0.05) is 31.2 Å². The first kappa shape index (κ1) is 21.0. The van der Waals surface area contributed by atoms with E-state index in [4.69, 9.17) is 4.74 Å². The summed E-state index contributed by atoms with van der Waals surface area (Å²) in [6.45, 7) is 9.55. The van der Waals surface area contributed by atoms with Gasteiger partial charge < -0.3 is 15.0 Å². The molecule has 1 fully saturated rings. The Morgan fingerprint density at radius 3 is 2.79 bits per heavy atom. The minimum Gasteiger partial charge on any atom is -0.444 e. The topological polar surface area (TPSA) is 93.1 Å². The third kappa shape index (κ3) is 6.66. The summed E-state index contributed by atoms with van der Waals surface area (Å²) >= 11 is 0. The van der Waals surface area contributed by atoms with Crippen LogP contribution in [-0.2, 0) is 17.7 Å². The predicted octanol–water partition coefficient (Wildman–Crippen LogP) is 3.38. The molecule has 1 N–H and O–H groups in total. The largest absolute Gasteiger partial charge is 0.444 e. The van der Waals surface area contributed by atoms with Crippen LogP contribution in [-0.4, -0.2) is 49.6 Å². The molecule has 0 aromatic carbocycles. The second kappa shape index (κ2) is 9.15. The van der Waals surface area contributed by atoms with E-state index in [-0.39, 0.29) is 6.09 Å². The normalized spacial score (nSPS) is 17.1. The smallest absolute Gasteiger partial charge is 0.410 e. The van der Waals surface area contributed by atoms with Crippen LogP contribution in [0.5, 0.6) is 0 Å². The van der Waals surface area contributed by atoms with Crippen LogP contribution >= 0.6 is 0 Å². The molecule has 156 valence electrons. The van der Waals surface area contributed by atoms with Gasteiger partial charge in [0.1, 0.15) is 5.60 Å². The first-order valence-corrected chi connectivity index (χ1v) is 10.1. The van der Waals surface area contributed by atoms with Crippen molar-refractivity contribution in [2.45, 2.75) is 59.1 Å². The fourth-order valence-corrected chi connectivity index (χ4v) is 3.29. The number of carbonyl (C=O) groups is 1. The average Bonchev–Trinajstić information content (AvgIpc) is 2.67. The summed E-state index contributed by atoms with van der Waals surface area (Å²) in [5, 5.41) is 3.20. The van der Waals surface area contributed by atoms with E-state index in [9.17, 15) is 4.79 Å². The number of hydrogen-bond donors (Lipinski definition) is 1. The second-order valence-electron chi connectivity index (χ2n) is 8.51. The number of likely N-dealkylation sites (tertiary alicyclic amines) is 1. The van der Waals surface area contributed by atoms with Gasteiger partial charge in [-0.1, -0.05) is 0 Å². The minimum absolute atomic E-state index is 0.230. The van der Waals surface area contributed by atoms with Crippen LogP contribution in [0.1, 0.15) is 50.7 Å². The van der Waals surface area contributed by atoms with Gasteiger partial charge in [0.15, 0.2) is 0 Å². The van der Waals surface area contributed by atoms with Crippen molar-refractivity contribution < 1.29 is 9.53 Å². The molecule has 0 bridgehead atoms. The van der Waals surface area contributed by atoms with Gasteiger partial charge in [-0.05, 0) is 58.9 Å². The van der Waals surface area contributed by atoms with E-state index >= 15 is 0 Å². The van der Waals surface area contributed by atoms with Crippen molar-refractivity contribution in [1.29, 1.82) is 0 Å². The Kier molecular flexibility index (Phi) is 6.61. The monoisotopic (exact) mass is 398 g/mol. The maximum Gasteiger partial charge on any atom is 0.410 e. The molecule has 2 aromatic rings. The first-order chi connectivity index (χ1) is 13.8. The number of hydrogen-bond acceptors (Lipinski definition) is 7. The lowest BCUT2D eigenvalue weighted by atomic mass is 9.93. The number of ether oxygens (including phenoxy) is 1. The average molecular weight is 399 g/mol. The lowest BCUT2D eigenvalue weighted by Gasteiger charge is -2.34. The van der Waals surface area contributed by atoms with Gasteiger partial charge >= 0.3 is 6.09 Å². The number of aromatic nitrogens is 4. The van der Waals surface area contributed by atoms with Crippen LogP contribution in [0.2, 0.25) is 0 Å². The molecular formula is C21H30N6O2. The number of anilines is 1. The van der Waals surface area contributed by atoms with E-state index in [2.05, 4.69) is 25.3 Å². The number of piperidine rings is 1. The molecule has 0 unspecified atom stereocenters. The van der Waals surface area contributed by atoms with Crippen LogP contribution in [0.4, 0.5) is 10.7 Å². The van der Waals surface area contributed by atoms with Crippen molar-refractivity contribution >= 4 is 12.0 Å². The summed E-state index contributed by atoms with van der Waals surface area (Å²) in [5.74, 6) is 0.937. The van der Waals surface area contributed by atoms with Crippen LogP contribution in [0, 0.1) is 12.8 Å². The summed E-state index contributed by atoms with van der Waals surface area (Å²) in [4.78, 5) is 31.7. The number of amides is 1. The van der Waals surface area contributed by atoms with Crippen LogP contribution < -0.4 is 5.32 Å². The number of carbonyl (C=O) groups excluding carboxylic acids is 1. The van der Waals surface area contributed by atoms with Gasteiger partial charge in [-0.25, -0.2) is 14.8 Å². The molecule has 1 saturated heterocycles. The molecule has 1 aliphatic heterocycles. The van der Waals surface area contributed by atoms with Gasteiger partial charge in [-0.3, -0.25) is 9.97 Å².